The van der Waals surface area contributed by atoms with Gasteiger partial charge in [-0.1, -0.05) is 59.2 Å². The fraction of sp³-hybridized carbons (Fsp3) is 0.211. The van der Waals surface area contributed by atoms with Gasteiger partial charge in [0.05, 0.1) is 47.7 Å². The van der Waals surface area contributed by atoms with Crippen LogP contribution < -0.4 is 16.0 Å². The van der Waals surface area contributed by atoms with Crippen LogP contribution in [-0.2, 0) is 19.2 Å². The molecule has 4 aromatic rings. The summed E-state index contributed by atoms with van der Waals surface area (Å²) in [6.45, 7) is 2.91. The lowest BCUT2D eigenvalue weighted by atomic mass is 10.0. The van der Waals surface area contributed by atoms with Crippen LogP contribution in [0.25, 0.3) is 0 Å². The Hall–Kier alpha value is -5.17. The zero-order valence-corrected chi connectivity index (χ0v) is 30.5. The SMILES string of the molecule is CC(=O)N1N=C(CC(=O)Nc2ccc3c(c2)Sc2cc(NC(=O)CC4=NN(C(C)=O)C(c5ccc(Cl)cc5)C4)ccc2N3)CC1c1ccc(Cl)cc1. The molecular formula is C38H33Cl2N7O4S. The maximum Gasteiger partial charge on any atom is 0.240 e. The number of carbonyl (C=O) groups excluding carboxylic acids is 4. The molecule has 0 aromatic heterocycles. The van der Waals surface area contributed by atoms with Crippen LogP contribution in [0.4, 0.5) is 22.7 Å². The van der Waals surface area contributed by atoms with Gasteiger partial charge in [-0.2, -0.15) is 10.2 Å². The van der Waals surface area contributed by atoms with Gasteiger partial charge < -0.3 is 16.0 Å². The second kappa shape index (κ2) is 14.8. The highest BCUT2D eigenvalue weighted by Crippen LogP contribution is 2.46. The van der Waals surface area contributed by atoms with E-state index in [2.05, 4.69) is 26.2 Å². The van der Waals surface area contributed by atoms with E-state index in [0.717, 1.165) is 32.3 Å². The Balaban J connectivity index is 0.964. The lowest BCUT2D eigenvalue weighted by molar-refractivity contribution is -0.131. The van der Waals surface area contributed by atoms with Crippen LogP contribution in [0.15, 0.2) is 105 Å². The fourth-order valence-electron chi connectivity index (χ4n) is 6.45. The molecule has 0 radical (unpaired) electrons. The lowest BCUT2D eigenvalue weighted by Crippen LogP contribution is -2.24. The molecule has 3 N–H and O–H groups in total. The lowest BCUT2D eigenvalue weighted by Gasteiger charge is -2.22. The summed E-state index contributed by atoms with van der Waals surface area (Å²) < 4.78 is 0. The average molecular weight is 755 g/mol. The Morgan fingerprint density at radius 3 is 1.46 bits per heavy atom. The van der Waals surface area contributed by atoms with Crippen LogP contribution in [0, 0.1) is 0 Å². The van der Waals surface area contributed by atoms with Gasteiger partial charge in [-0.3, -0.25) is 19.2 Å². The molecule has 4 aromatic carbocycles. The van der Waals surface area contributed by atoms with Crippen LogP contribution in [0.5, 0.6) is 0 Å². The molecule has 3 heterocycles. The Kier molecular flexibility index (Phi) is 10.0. The van der Waals surface area contributed by atoms with E-state index < -0.39 is 0 Å². The van der Waals surface area contributed by atoms with Gasteiger partial charge in [0.2, 0.25) is 23.6 Å². The number of benzene rings is 4. The normalized spacial score (nSPS) is 17.4. The number of rotatable bonds is 8. The van der Waals surface area contributed by atoms with Crippen molar-refractivity contribution in [3.8, 4) is 0 Å². The van der Waals surface area contributed by atoms with Crippen molar-refractivity contribution >= 4 is 92.8 Å². The standard InChI is InChI=1S/C38H33Cl2N7O4S/c1-21(48)46-33(23-3-7-25(39)8-4-23)15-29(44-46)19-37(50)41-27-11-13-31-35(17-27)52-36-18-28(12-14-32(36)43-31)42-38(51)20-30-16-34(47(45-30)22(2)49)24-5-9-26(40)10-6-24/h3-14,17-18,33-34,43H,15-16,19-20H2,1-2H3,(H,41,50)(H,42,51). The first-order valence-corrected chi connectivity index (χ1v) is 18.1. The number of nitrogens with zero attached hydrogens (tertiary/aromatic N) is 4. The van der Waals surface area contributed by atoms with Gasteiger partial charge in [-0.25, -0.2) is 10.0 Å². The van der Waals surface area contributed by atoms with Gasteiger partial charge in [0.15, 0.2) is 0 Å². The van der Waals surface area contributed by atoms with E-state index in [1.165, 1.54) is 35.6 Å². The van der Waals surface area contributed by atoms with E-state index >= 15 is 0 Å². The van der Waals surface area contributed by atoms with Gasteiger partial charge in [-0.15, -0.1) is 0 Å². The summed E-state index contributed by atoms with van der Waals surface area (Å²) in [5, 5.41) is 22.3. The smallest absolute Gasteiger partial charge is 0.240 e. The van der Waals surface area contributed by atoms with Crippen molar-refractivity contribution in [2.75, 3.05) is 16.0 Å². The summed E-state index contributed by atoms with van der Waals surface area (Å²) in [4.78, 5) is 52.7. The van der Waals surface area contributed by atoms with E-state index in [1.54, 1.807) is 24.3 Å². The van der Waals surface area contributed by atoms with Crippen molar-refractivity contribution in [1.29, 1.82) is 0 Å². The first kappa shape index (κ1) is 35.2. The van der Waals surface area contributed by atoms with E-state index in [0.29, 0.717) is 45.7 Å². The first-order chi connectivity index (χ1) is 25.0. The Morgan fingerprint density at radius 2 is 1.08 bits per heavy atom. The molecular weight excluding hydrogens is 721 g/mol. The van der Waals surface area contributed by atoms with Crippen molar-refractivity contribution in [2.45, 2.75) is 61.4 Å². The van der Waals surface area contributed by atoms with Gasteiger partial charge in [-0.05, 0) is 71.8 Å². The van der Waals surface area contributed by atoms with Crippen molar-refractivity contribution in [2.24, 2.45) is 10.2 Å². The molecule has 0 aliphatic carbocycles. The molecule has 11 nitrogen and oxygen atoms in total. The number of hydrazone groups is 2. The molecule has 52 heavy (non-hydrogen) atoms. The molecule has 264 valence electrons. The summed E-state index contributed by atoms with van der Waals surface area (Å²) >= 11 is 13.6. The quantitative estimate of drug-likeness (QED) is 0.145. The van der Waals surface area contributed by atoms with Crippen LogP contribution in [0.3, 0.4) is 0 Å². The highest BCUT2D eigenvalue weighted by atomic mass is 35.5. The van der Waals surface area contributed by atoms with Crippen LogP contribution >= 0.6 is 35.0 Å². The summed E-state index contributed by atoms with van der Waals surface area (Å²) in [6, 6.07) is 25.2. The van der Waals surface area contributed by atoms with Crippen LogP contribution in [0.1, 0.15) is 62.7 Å². The number of anilines is 4. The van der Waals surface area contributed by atoms with Crippen molar-refractivity contribution in [3.05, 3.63) is 106 Å². The summed E-state index contributed by atoms with van der Waals surface area (Å²) in [7, 11) is 0. The molecule has 2 unspecified atom stereocenters. The molecule has 0 bridgehead atoms. The molecule has 14 heteroatoms. The Bertz CT molecular complexity index is 2010. The first-order valence-electron chi connectivity index (χ1n) is 16.5. The fourth-order valence-corrected chi connectivity index (χ4v) is 7.77. The molecule has 0 saturated heterocycles. The third-order valence-electron chi connectivity index (χ3n) is 8.85. The molecule has 3 aliphatic rings. The van der Waals surface area contributed by atoms with Gasteiger partial charge >= 0.3 is 0 Å². The van der Waals surface area contributed by atoms with Gasteiger partial charge in [0, 0.05) is 57.9 Å². The second-order valence-corrected chi connectivity index (χ2v) is 14.7. The minimum atomic E-state index is -0.292. The topological polar surface area (TPSA) is 136 Å². The predicted molar refractivity (Wildman–Crippen MR) is 204 cm³/mol. The molecule has 0 spiro atoms. The van der Waals surface area contributed by atoms with Crippen LogP contribution in [0.2, 0.25) is 10.0 Å². The predicted octanol–water partition coefficient (Wildman–Crippen LogP) is 8.56. The van der Waals surface area contributed by atoms with E-state index in [-0.39, 0.29) is 48.6 Å². The zero-order chi connectivity index (χ0) is 36.5. The molecule has 0 saturated carbocycles. The van der Waals surface area contributed by atoms with E-state index in [1.807, 2.05) is 60.7 Å². The monoisotopic (exact) mass is 753 g/mol. The highest BCUT2D eigenvalue weighted by molar-refractivity contribution is 7.99. The van der Waals surface area contributed by atoms with Crippen LogP contribution in [-0.4, -0.2) is 45.1 Å². The molecule has 4 amide bonds. The van der Waals surface area contributed by atoms with Gasteiger partial charge in [0.25, 0.3) is 0 Å². The Labute approximate surface area is 314 Å². The summed E-state index contributed by atoms with van der Waals surface area (Å²) in [5.74, 6) is -0.887. The minimum absolute atomic E-state index is 0.0449. The second-order valence-electron chi connectivity index (χ2n) is 12.7. The van der Waals surface area contributed by atoms with Gasteiger partial charge in [0.1, 0.15) is 0 Å². The van der Waals surface area contributed by atoms with E-state index in [9.17, 15) is 19.2 Å². The highest BCUT2D eigenvalue weighted by Gasteiger charge is 2.33. The maximum absolute atomic E-state index is 13.1. The molecule has 7 rings (SSSR count). The number of halogens is 2. The molecule has 3 aliphatic heterocycles. The van der Waals surface area contributed by atoms with Crippen molar-refractivity contribution in [3.63, 3.8) is 0 Å². The summed E-state index contributed by atoms with van der Waals surface area (Å²) in [6.07, 6.45) is 0.985. The maximum atomic E-state index is 13.1. The molecule has 0 fully saturated rings. The van der Waals surface area contributed by atoms with Crippen molar-refractivity contribution in [1.82, 2.24) is 10.0 Å². The number of amides is 4. The minimum Gasteiger partial charge on any atom is -0.354 e. The Morgan fingerprint density at radius 1 is 0.673 bits per heavy atom. The van der Waals surface area contributed by atoms with Crippen molar-refractivity contribution < 1.29 is 19.2 Å². The number of hydrogen-bond acceptors (Lipinski definition) is 8. The number of carbonyl (C=O) groups is 4. The molecule has 2 atom stereocenters. The average Bonchev–Trinajstić information content (AvgIpc) is 3.73. The number of hydrogen-bond donors (Lipinski definition) is 3. The number of fused-ring (bicyclic) bond motifs is 2. The zero-order valence-electron chi connectivity index (χ0n) is 28.2. The third kappa shape index (κ3) is 7.84. The number of nitrogens with one attached hydrogen (secondary N) is 3. The third-order valence-corrected chi connectivity index (χ3v) is 10.5. The largest absolute Gasteiger partial charge is 0.354 e. The summed E-state index contributed by atoms with van der Waals surface area (Å²) in [5.41, 5.74) is 6.04. The van der Waals surface area contributed by atoms with E-state index in [4.69, 9.17) is 23.2 Å².